The molecule has 2 heterocycles. The number of oxazole rings is 1. The first kappa shape index (κ1) is 30.3. The van der Waals surface area contributed by atoms with Crippen molar-refractivity contribution in [3.63, 3.8) is 0 Å². The molecule has 6 rings (SSSR count). The molecule has 14 heteroatoms. The van der Waals surface area contributed by atoms with E-state index in [4.69, 9.17) is 19.3 Å². The Balaban J connectivity index is 1.47. The minimum Gasteiger partial charge on any atom is -0.458 e. The Kier molecular flexibility index (Phi) is 7.04. The van der Waals surface area contributed by atoms with Gasteiger partial charge < -0.3 is 29.3 Å². The molecule has 1 aromatic carbocycles. The number of hydrogen-bond donors (Lipinski definition) is 2. The Morgan fingerprint density at radius 1 is 1.11 bits per heavy atom. The van der Waals surface area contributed by atoms with Gasteiger partial charge in [-0.05, 0) is 56.6 Å². The number of rotatable bonds is 6. The third-order valence-corrected chi connectivity index (χ3v) is 9.19. The number of primary amides is 1. The average Bonchev–Trinajstić information content (AvgIpc) is 3.60. The zero-order chi connectivity index (χ0) is 32.7. The van der Waals surface area contributed by atoms with Crippen LogP contribution in [0.2, 0.25) is 0 Å². The van der Waals surface area contributed by atoms with Crippen molar-refractivity contribution in [2.75, 3.05) is 33.1 Å². The second-order valence-electron chi connectivity index (χ2n) is 12.3. The number of ether oxygens (including phenoxy) is 1. The van der Waals surface area contributed by atoms with E-state index in [2.05, 4.69) is 4.98 Å². The Bertz CT molecular complexity index is 1820. The third-order valence-electron chi connectivity index (χ3n) is 9.19. The number of ketones is 4. The number of anilines is 1. The zero-order valence-electron chi connectivity index (χ0n) is 25.3. The van der Waals surface area contributed by atoms with E-state index in [0.29, 0.717) is 22.5 Å². The molecule has 0 aliphatic heterocycles. The van der Waals surface area contributed by atoms with Crippen molar-refractivity contribution >= 4 is 51.8 Å². The molecule has 0 saturated heterocycles. The van der Waals surface area contributed by atoms with Gasteiger partial charge in [0.25, 0.3) is 5.89 Å². The van der Waals surface area contributed by atoms with Crippen LogP contribution >= 0.6 is 0 Å². The molecule has 2 unspecified atom stereocenters. The first-order chi connectivity index (χ1) is 21.2. The van der Waals surface area contributed by atoms with Crippen LogP contribution in [-0.2, 0) is 41.7 Å². The molecule has 14 nitrogen and oxygen atoms in total. The van der Waals surface area contributed by atoms with Crippen molar-refractivity contribution in [2.24, 2.45) is 29.4 Å². The van der Waals surface area contributed by atoms with Crippen LogP contribution in [0.4, 0.5) is 5.69 Å². The van der Waals surface area contributed by atoms with Gasteiger partial charge in [0.05, 0.1) is 17.5 Å². The highest BCUT2D eigenvalue weighted by atomic mass is 16.5. The minimum atomic E-state index is -2.77. The van der Waals surface area contributed by atoms with Gasteiger partial charge >= 0.3 is 5.97 Å². The van der Waals surface area contributed by atoms with Gasteiger partial charge in [-0.1, -0.05) is 0 Å². The number of carbonyl (C=O) groups excluding carboxylic acids is 6. The monoisotopic (exact) mass is 620 g/mol. The molecule has 45 heavy (non-hydrogen) atoms. The second-order valence-corrected chi connectivity index (χ2v) is 12.3. The maximum absolute atomic E-state index is 14.4. The van der Waals surface area contributed by atoms with Crippen molar-refractivity contribution in [3.8, 4) is 11.7 Å². The van der Waals surface area contributed by atoms with Crippen molar-refractivity contribution < 1.29 is 47.4 Å². The molecule has 3 aliphatic rings. The van der Waals surface area contributed by atoms with Crippen molar-refractivity contribution in [1.29, 1.82) is 0 Å². The minimum absolute atomic E-state index is 0.00599. The molecule has 3 aliphatic carbocycles. The number of fused-ring (bicyclic) bond motifs is 5. The summed E-state index contributed by atoms with van der Waals surface area (Å²) in [6.45, 7) is 1.17. The number of aromatic nitrogens is 1. The van der Waals surface area contributed by atoms with Gasteiger partial charge in [-0.3, -0.25) is 33.7 Å². The molecular formula is C31H32N4O10. The number of carbonyl (C=O) groups is 6. The summed E-state index contributed by atoms with van der Waals surface area (Å²) >= 11 is 0. The summed E-state index contributed by atoms with van der Waals surface area (Å²) in [6.07, 6.45) is 0.201. The van der Waals surface area contributed by atoms with Crippen LogP contribution < -0.4 is 10.6 Å². The first-order valence-electron chi connectivity index (χ1n) is 14.4. The predicted octanol–water partition coefficient (Wildman–Crippen LogP) is 0.692. The highest BCUT2D eigenvalue weighted by molar-refractivity contribution is 6.32. The predicted molar refractivity (Wildman–Crippen MR) is 155 cm³/mol. The van der Waals surface area contributed by atoms with Gasteiger partial charge in [-0.15, -0.1) is 0 Å². The second kappa shape index (κ2) is 10.4. The van der Waals surface area contributed by atoms with Gasteiger partial charge in [-0.25, -0.2) is 4.98 Å². The standard InChI is InChI=1S/C31H32N4O10/c1-12(36)43-11-14-6-7-19(44-14)30-33-17-10-18(34(2)3)15-8-13-9-16-23(35(4)5)25(38)22(29(32)41)28(40)31(16,42)27(39)20(13)24(37)21(15)26(17)45-30/h6-7,10,13,16,20,22-23,42H,8-9,11H2,1-5H3,(H2,32,41)/t13-,16-,20?,22?,23-,31-/m0/s1. The van der Waals surface area contributed by atoms with Crippen LogP contribution in [0, 0.1) is 23.7 Å². The normalized spacial score (nSPS) is 27.8. The lowest BCUT2D eigenvalue weighted by atomic mass is 9.52. The van der Waals surface area contributed by atoms with Gasteiger partial charge in [0.15, 0.2) is 46.0 Å². The molecule has 1 amide bonds. The molecule has 0 spiro atoms. The number of amides is 1. The number of benzene rings is 1. The van der Waals surface area contributed by atoms with Crippen molar-refractivity contribution in [3.05, 3.63) is 35.1 Å². The summed E-state index contributed by atoms with van der Waals surface area (Å²) in [6, 6.07) is 3.77. The van der Waals surface area contributed by atoms with Crippen LogP contribution in [0.25, 0.3) is 22.8 Å². The van der Waals surface area contributed by atoms with Crippen LogP contribution in [-0.4, -0.2) is 89.8 Å². The van der Waals surface area contributed by atoms with Crippen LogP contribution in [0.3, 0.4) is 0 Å². The average molecular weight is 621 g/mol. The zero-order valence-corrected chi connectivity index (χ0v) is 25.3. The molecular weight excluding hydrogens is 588 g/mol. The molecule has 6 atom stereocenters. The number of hydrogen-bond acceptors (Lipinski definition) is 13. The molecule has 0 bridgehead atoms. The van der Waals surface area contributed by atoms with E-state index in [1.807, 2.05) is 0 Å². The van der Waals surface area contributed by atoms with Crippen molar-refractivity contribution in [1.82, 2.24) is 9.88 Å². The summed E-state index contributed by atoms with van der Waals surface area (Å²) in [5.41, 5.74) is 4.38. The van der Waals surface area contributed by atoms with Gasteiger partial charge in [0.2, 0.25) is 5.91 Å². The van der Waals surface area contributed by atoms with E-state index in [1.54, 1.807) is 51.3 Å². The van der Waals surface area contributed by atoms with Crippen LogP contribution in [0.1, 0.15) is 35.0 Å². The van der Waals surface area contributed by atoms with E-state index >= 15 is 0 Å². The Hall–Kier alpha value is -4.69. The summed E-state index contributed by atoms with van der Waals surface area (Å²) in [4.78, 5) is 86.6. The maximum atomic E-state index is 14.4. The summed E-state index contributed by atoms with van der Waals surface area (Å²) in [5, 5.41) is 11.9. The van der Waals surface area contributed by atoms with E-state index in [9.17, 15) is 33.9 Å². The molecule has 2 fully saturated rings. The highest BCUT2D eigenvalue weighted by Crippen LogP contribution is 2.51. The fourth-order valence-corrected chi connectivity index (χ4v) is 7.29. The van der Waals surface area contributed by atoms with Crippen molar-refractivity contribution in [2.45, 2.75) is 38.0 Å². The Morgan fingerprint density at radius 2 is 1.82 bits per heavy atom. The first-order valence-corrected chi connectivity index (χ1v) is 14.4. The number of Topliss-reactive ketones (excluding diaryl/α,β-unsaturated/α-hetero) is 4. The maximum Gasteiger partial charge on any atom is 0.303 e. The number of likely N-dealkylation sites (N-methyl/N-ethyl adjacent to an activating group) is 1. The molecule has 236 valence electrons. The fraction of sp³-hybridized carbons (Fsp3) is 0.452. The van der Waals surface area contributed by atoms with E-state index in [-0.39, 0.29) is 42.2 Å². The molecule has 2 aromatic heterocycles. The lowest BCUT2D eigenvalue weighted by molar-refractivity contribution is -0.181. The smallest absolute Gasteiger partial charge is 0.303 e. The van der Waals surface area contributed by atoms with Crippen LogP contribution in [0.5, 0.6) is 0 Å². The molecule has 3 aromatic rings. The van der Waals surface area contributed by atoms with Crippen LogP contribution in [0.15, 0.2) is 27.0 Å². The number of nitrogens with zero attached hydrogens (tertiary/aromatic N) is 3. The quantitative estimate of drug-likeness (QED) is 0.288. The molecule has 3 N–H and O–H groups in total. The highest BCUT2D eigenvalue weighted by Gasteiger charge is 2.69. The van der Waals surface area contributed by atoms with E-state index in [0.717, 1.165) is 0 Å². The SMILES string of the molecule is CC(=O)OCc1ccc(-c2nc3cc(N(C)C)c4c(c3o2)C(=O)C2C(=O)[C@]3(O)C(=O)C(C(N)=O)C(=O)[C@@H](N(C)C)[C@@H]3C[C@@H]2C4)o1. The lowest BCUT2D eigenvalue weighted by Gasteiger charge is -2.52. The molecule has 0 radical (unpaired) electrons. The largest absolute Gasteiger partial charge is 0.458 e. The fourth-order valence-electron chi connectivity index (χ4n) is 7.29. The number of aliphatic hydroxyl groups is 1. The Labute approximate surface area is 256 Å². The summed E-state index contributed by atoms with van der Waals surface area (Å²) in [7, 11) is 6.69. The summed E-state index contributed by atoms with van der Waals surface area (Å²) < 4.78 is 16.8. The van der Waals surface area contributed by atoms with E-state index < -0.39 is 70.3 Å². The number of nitrogens with two attached hydrogens (primary N) is 1. The lowest BCUT2D eigenvalue weighted by Crippen LogP contribution is -2.74. The Morgan fingerprint density at radius 3 is 2.44 bits per heavy atom. The third kappa shape index (κ3) is 4.42. The topological polar surface area (TPSA) is 204 Å². The number of furan rings is 1. The van der Waals surface area contributed by atoms with E-state index in [1.165, 1.54) is 11.8 Å². The van der Waals surface area contributed by atoms with Gasteiger partial charge in [-0.2, -0.15) is 0 Å². The van der Waals surface area contributed by atoms with Gasteiger partial charge in [0.1, 0.15) is 17.9 Å². The summed E-state index contributed by atoms with van der Waals surface area (Å²) in [5.74, 6) is -10.2. The number of esters is 1. The molecule has 2 saturated carbocycles. The van der Waals surface area contributed by atoms with Gasteiger partial charge in [0, 0.05) is 32.6 Å².